The van der Waals surface area contributed by atoms with Crippen molar-refractivity contribution in [2.45, 2.75) is 44.2 Å². The van der Waals surface area contributed by atoms with Crippen LogP contribution in [-0.2, 0) is 6.54 Å². The highest BCUT2D eigenvalue weighted by molar-refractivity contribution is 6.42. The van der Waals surface area contributed by atoms with E-state index < -0.39 is 6.10 Å². The summed E-state index contributed by atoms with van der Waals surface area (Å²) in [5.41, 5.74) is 2.00. The average molecular weight is 438 g/mol. The van der Waals surface area contributed by atoms with Gasteiger partial charge in [-0.15, -0.1) is 0 Å². The number of halogens is 2. The number of piperidine rings is 2. The second-order valence-corrected chi connectivity index (χ2v) is 8.78. The number of carbonyl (C=O) groups is 1. The molecule has 2 saturated heterocycles. The molecule has 0 bridgehead atoms. The van der Waals surface area contributed by atoms with Crippen LogP contribution < -0.4 is 0 Å². The monoisotopic (exact) mass is 437 g/mol. The van der Waals surface area contributed by atoms with Crippen LogP contribution in [-0.4, -0.2) is 58.3 Å². The average Bonchev–Trinajstić information content (AvgIpc) is 3.21. The maximum absolute atomic E-state index is 12.6. The first kappa shape index (κ1) is 20.7. The summed E-state index contributed by atoms with van der Waals surface area (Å²) < 4.78 is 5.35. The quantitative estimate of drug-likeness (QED) is 0.783. The van der Waals surface area contributed by atoms with Crippen LogP contribution in [0.2, 0.25) is 10.0 Å². The van der Waals surface area contributed by atoms with E-state index in [1.165, 1.54) is 0 Å². The Kier molecular flexibility index (Phi) is 6.44. The molecular formula is C21H25Cl2N3O3. The van der Waals surface area contributed by atoms with Crippen LogP contribution in [0.15, 0.2) is 28.8 Å². The molecule has 29 heavy (non-hydrogen) atoms. The molecule has 2 aromatic rings. The van der Waals surface area contributed by atoms with Gasteiger partial charge in [0.15, 0.2) is 0 Å². The number of hydrogen-bond acceptors (Lipinski definition) is 5. The van der Waals surface area contributed by atoms with E-state index in [2.05, 4.69) is 10.1 Å². The number of rotatable bonds is 4. The number of nitrogens with zero attached hydrogens (tertiary/aromatic N) is 3. The Morgan fingerprint density at radius 2 is 1.93 bits per heavy atom. The van der Waals surface area contributed by atoms with Gasteiger partial charge < -0.3 is 14.5 Å². The topological polar surface area (TPSA) is 69.8 Å². The van der Waals surface area contributed by atoms with Crippen LogP contribution in [0.3, 0.4) is 0 Å². The predicted molar refractivity (Wildman–Crippen MR) is 111 cm³/mol. The third kappa shape index (κ3) is 4.94. The van der Waals surface area contributed by atoms with E-state index in [9.17, 15) is 9.90 Å². The molecule has 0 saturated carbocycles. The SMILES string of the molecule is O=C(c1cc(C2CCN(Cc3ccc(Cl)c(Cl)c3)CC2)no1)N1CCC[C@H](O)C1. The van der Waals surface area contributed by atoms with E-state index >= 15 is 0 Å². The summed E-state index contributed by atoms with van der Waals surface area (Å²) in [5.74, 6) is 0.379. The molecule has 1 aromatic heterocycles. The third-order valence-corrected chi connectivity index (χ3v) is 6.56. The highest BCUT2D eigenvalue weighted by Gasteiger charge is 2.28. The number of likely N-dealkylation sites (tertiary alicyclic amines) is 2. The Balaban J connectivity index is 1.32. The van der Waals surface area contributed by atoms with Crippen molar-refractivity contribution in [3.8, 4) is 0 Å². The smallest absolute Gasteiger partial charge is 0.292 e. The van der Waals surface area contributed by atoms with Crippen molar-refractivity contribution in [1.29, 1.82) is 0 Å². The summed E-state index contributed by atoms with van der Waals surface area (Å²) in [6.45, 7) is 3.74. The van der Waals surface area contributed by atoms with E-state index in [-0.39, 0.29) is 17.6 Å². The Labute approximate surface area is 180 Å². The first-order chi connectivity index (χ1) is 14.0. The molecule has 6 nitrogen and oxygen atoms in total. The van der Waals surface area contributed by atoms with E-state index in [0.29, 0.717) is 23.1 Å². The van der Waals surface area contributed by atoms with Crippen molar-refractivity contribution in [2.75, 3.05) is 26.2 Å². The lowest BCUT2D eigenvalue weighted by molar-refractivity contribution is 0.0441. The molecule has 0 spiro atoms. The van der Waals surface area contributed by atoms with Crippen molar-refractivity contribution >= 4 is 29.1 Å². The molecule has 4 rings (SSSR count). The minimum absolute atomic E-state index is 0.181. The van der Waals surface area contributed by atoms with Crippen molar-refractivity contribution in [3.05, 3.63) is 51.3 Å². The zero-order chi connectivity index (χ0) is 20.4. The minimum atomic E-state index is -0.449. The maximum atomic E-state index is 12.6. The largest absolute Gasteiger partial charge is 0.391 e. The predicted octanol–water partition coefficient (Wildman–Crippen LogP) is 3.96. The van der Waals surface area contributed by atoms with Gasteiger partial charge in [-0.3, -0.25) is 9.69 Å². The van der Waals surface area contributed by atoms with Crippen molar-refractivity contribution in [1.82, 2.24) is 15.0 Å². The standard InChI is InChI=1S/C21H25Cl2N3O3/c22-17-4-3-14(10-18(17)23)12-25-8-5-15(6-9-25)19-11-20(29-24-19)21(28)26-7-1-2-16(27)13-26/h3-4,10-11,15-16,27H,1-2,5-9,12-13H2/t16-/m0/s1. The number of hydrogen-bond donors (Lipinski definition) is 1. The lowest BCUT2D eigenvalue weighted by atomic mass is 9.93. The molecule has 8 heteroatoms. The van der Waals surface area contributed by atoms with Crippen LogP contribution in [0.4, 0.5) is 0 Å². The molecule has 2 aliphatic rings. The van der Waals surface area contributed by atoms with Gasteiger partial charge in [-0.25, -0.2) is 0 Å². The van der Waals surface area contributed by atoms with Crippen molar-refractivity contribution in [2.24, 2.45) is 0 Å². The summed E-state index contributed by atoms with van der Waals surface area (Å²) in [6, 6.07) is 7.54. The van der Waals surface area contributed by atoms with Crippen LogP contribution in [0.1, 0.15) is 53.4 Å². The highest BCUT2D eigenvalue weighted by atomic mass is 35.5. The summed E-state index contributed by atoms with van der Waals surface area (Å²) in [7, 11) is 0. The molecule has 1 amide bonds. The molecular weight excluding hydrogens is 413 g/mol. The number of aromatic nitrogens is 1. The number of carbonyl (C=O) groups excluding carboxylic acids is 1. The third-order valence-electron chi connectivity index (χ3n) is 5.82. The summed E-state index contributed by atoms with van der Waals surface area (Å²) in [6.07, 6.45) is 3.03. The Bertz CT molecular complexity index is 865. The number of β-amino-alcohol motifs (C(OH)–C–C–N with tert-alkyl or cyclic N) is 1. The second-order valence-electron chi connectivity index (χ2n) is 7.96. The zero-order valence-corrected chi connectivity index (χ0v) is 17.7. The van der Waals surface area contributed by atoms with Crippen LogP contribution in [0, 0.1) is 0 Å². The van der Waals surface area contributed by atoms with Crippen LogP contribution in [0.25, 0.3) is 0 Å². The zero-order valence-electron chi connectivity index (χ0n) is 16.2. The minimum Gasteiger partial charge on any atom is -0.391 e. The van der Waals surface area contributed by atoms with Gasteiger partial charge in [-0.2, -0.15) is 0 Å². The van der Waals surface area contributed by atoms with E-state index in [0.717, 1.165) is 56.6 Å². The van der Waals surface area contributed by atoms with E-state index in [4.69, 9.17) is 27.7 Å². The lowest BCUT2D eigenvalue weighted by Crippen LogP contribution is -2.42. The fraction of sp³-hybridized carbons (Fsp3) is 0.524. The Hall–Kier alpha value is -1.60. The Morgan fingerprint density at radius 1 is 1.14 bits per heavy atom. The van der Waals surface area contributed by atoms with Gasteiger partial charge in [-0.1, -0.05) is 34.4 Å². The van der Waals surface area contributed by atoms with Crippen molar-refractivity contribution in [3.63, 3.8) is 0 Å². The second kappa shape index (κ2) is 9.04. The molecule has 1 N–H and O–H groups in total. The number of aliphatic hydroxyl groups excluding tert-OH is 1. The normalized spacial score (nSPS) is 21.5. The van der Waals surface area contributed by atoms with Gasteiger partial charge in [0.2, 0.25) is 5.76 Å². The molecule has 0 radical (unpaired) electrons. The van der Waals surface area contributed by atoms with Crippen LogP contribution >= 0.6 is 23.2 Å². The van der Waals surface area contributed by atoms with Gasteiger partial charge in [0, 0.05) is 31.6 Å². The summed E-state index contributed by atoms with van der Waals surface area (Å²) in [5, 5.41) is 15.1. The molecule has 0 unspecified atom stereocenters. The van der Waals surface area contributed by atoms with E-state index in [1.54, 1.807) is 11.0 Å². The number of amides is 1. The fourth-order valence-corrected chi connectivity index (χ4v) is 4.48. The molecule has 2 fully saturated rings. The van der Waals surface area contributed by atoms with Crippen molar-refractivity contribution < 1.29 is 14.4 Å². The van der Waals surface area contributed by atoms with Crippen LogP contribution in [0.5, 0.6) is 0 Å². The highest BCUT2D eigenvalue weighted by Crippen LogP contribution is 2.30. The van der Waals surface area contributed by atoms with E-state index in [1.807, 2.05) is 18.2 Å². The molecule has 156 valence electrons. The molecule has 3 heterocycles. The summed E-state index contributed by atoms with van der Waals surface area (Å²) in [4.78, 5) is 16.6. The molecule has 0 aliphatic carbocycles. The molecule has 2 aliphatic heterocycles. The van der Waals surface area contributed by atoms with Gasteiger partial charge in [0.25, 0.3) is 5.91 Å². The lowest BCUT2D eigenvalue weighted by Gasteiger charge is -2.31. The van der Waals surface area contributed by atoms with Gasteiger partial charge in [-0.05, 0) is 56.5 Å². The molecule has 1 aromatic carbocycles. The van der Waals surface area contributed by atoms with Gasteiger partial charge in [0.1, 0.15) is 0 Å². The number of aliphatic hydroxyl groups is 1. The maximum Gasteiger partial charge on any atom is 0.292 e. The summed E-state index contributed by atoms with van der Waals surface area (Å²) >= 11 is 12.1. The van der Waals surface area contributed by atoms with Gasteiger partial charge >= 0.3 is 0 Å². The Morgan fingerprint density at radius 3 is 2.66 bits per heavy atom. The van der Waals surface area contributed by atoms with Gasteiger partial charge in [0.05, 0.1) is 21.8 Å². The molecule has 1 atom stereocenters. The first-order valence-corrected chi connectivity index (χ1v) is 10.9. The fourth-order valence-electron chi connectivity index (χ4n) is 4.16. The first-order valence-electron chi connectivity index (χ1n) is 10.1. The number of benzene rings is 1.